The molecular formula is C19H27NO4. The zero-order valence-corrected chi connectivity index (χ0v) is 14.5. The molecule has 1 N–H and O–H groups in total. The highest BCUT2D eigenvalue weighted by molar-refractivity contribution is 5.83. The topological polar surface area (TPSA) is 64.6 Å². The molecule has 24 heavy (non-hydrogen) atoms. The standard InChI is InChI=1S/C19H27NO4/c1-14-8-6-7-11-17(14)23-13-12-18(21)24-15(2)19(22)20-16-9-4-3-5-10-16/h6-8,11,15-16H,3-5,9-10,12-13H2,1-2H3,(H,20,22). The van der Waals surface area contributed by atoms with Crippen LogP contribution in [0.25, 0.3) is 0 Å². The molecule has 2 rings (SSSR count). The SMILES string of the molecule is Cc1ccccc1OCCC(=O)OC(C)C(=O)NC1CCCCC1. The molecule has 0 saturated heterocycles. The summed E-state index contributed by atoms with van der Waals surface area (Å²) in [6.07, 6.45) is 4.91. The van der Waals surface area contributed by atoms with Crippen molar-refractivity contribution in [1.29, 1.82) is 0 Å². The average Bonchev–Trinajstić information content (AvgIpc) is 2.57. The molecule has 0 aliphatic heterocycles. The number of esters is 1. The molecule has 1 amide bonds. The number of para-hydroxylation sites is 1. The second-order valence-corrected chi connectivity index (χ2v) is 6.34. The number of carbonyl (C=O) groups is 2. The summed E-state index contributed by atoms with van der Waals surface area (Å²) in [5.41, 5.74) is 1.02. The van der Waals surface area contributed by atoms with E-state index in [1.54, 1.807) is 6.92 Å². The van der Waals surface area contributed by atoms with Crippen LogP contribution in [-0.2, 0) is 14.3 Å². The van der Waals surface area contributed by atoms with E-state index < -0.39 is 12.1 Å². The highest BCUT2D eigenvalue weighted by atomic mass is 16.5. The van der Waals surface area contributed by atoms with Gasteiger partial charge in [-0.3, -0.25) is 9.59 Å². The van der Waals surface area contributed by atoms with Crippen molar-refractivity contribution in [1.82, 2.24) is 5.32 Å². The molecule has 1 aliphatic carbocycles. The molecule has 132 valence electrons. The van der Waals surface area contributed by atoms with Gasteiger partial charge in [0.25, 0.3) is 5.91 Å². The van der Waals surface area contributed by atoms with Gasteiger partial charge in [-0.05, 0) is 38.3 Å². The van der Waals surface area contributed by atoms with E-state index in [4.69, 9.17) is 9.47 Å². The van der Waals surface area contributed by atoms with Gasteiger partial charge >= 0.3 is 5.97 Å². The van der Waals surface area contributed by atoms with Gasteiger partial charge in [0.05, 0.1) is 13.0 Å². The summed E-state index contributed by atoms with van der Waals surface area (Å²) in [5, 5.41) is 2.97. The van der Waals surface area contributed by atoms with Crippen LogP contribution in [-0.4, -0.2) is 30.6 Å². The molecule has 0 heterocycles. The number of nitrogens with one attached hydrogen (secondary N) is 1. The van der Waals surface area contributed by atoms with E-state index in [2.05, 4.69) is 5.32 Å². The summed E-state index contributed by atoms with van der Waals surface area (Å²) in [5.74, 6) is 0.123. The average molecular weight is 333 g/mol. The number of rotatable bonds is 7. The summed E-state index contributed by atoms with van der Waals surface area (Å²) in [7, 11) is 0. The monoisotopic (exact) mass is 333 g/mol. The number of carbonyl (C=O) groups excluding carboxylic acids is 2. The Kier molecular flexibility index (Phi) is 7.09. The lowest BCUT2D eigenvalue weighted by molar-refractivity contribution is -0.155. The normalized spacial score (nSPS) is 16.2. The lowest BCUT2D eigenvalue weighted by Gasteiger charge is -2.24. The lowest BCUT2D eigenvalue weighted by atomic mass is 9.95. The molecule has 0 spiro atoms. The Hall–Kier alpha value is -2.04. The molecule has 1 saturated carbocycles. The Balaban J connectivity index is 1.67. The zero-order valence-electron chi connectivity index (χ0n) is 14.5. The van der Waals surface area contributed by atoms with Crippen molar-refractivity contribution in [3.05, 3.63) is 29.8 Å². The molecule has 0 bridgehead atoms. The Morgan fingerprint density at radius 1 is 1.21 bits per heavy atom. The van der Waals surface area contributed by atoms with Gasteiger partial charge in [0.2, 0.25) is 0 Å². The van der Waals surface area contributed by atoms with Crippen molar-refractivity contribution in [2.24, 2.45) is 0 Å². The minimum absolute atomic E-state index is 0.120. The fourth-order valence-corrected chi connectivity index (χ4v) is 2.84. The van der Waals surface area contributed by atoms with Crippen LogP contribution in [0.2, 0.25) is 0 Å². The van der Waals surface area contributed by atoms with Crippen molar-refractivity contribution < 1.29 is 19.1 Å². The third-order valence-corrected chi connectivity index (χ3v) is 4.29. The molecule has 0 radical (unpaired) electrons. The molecule has 1 aliphatic rings. The predicted molar refractivity (Wildman–Crippen MR) is 91.9 cm³/mol. The number of ether oxygens (including phenoxy) is 2. The lowest BCUT2D eigenvalue weighted by Crippen LogP contribution is -2.42. The molecule has 0 aromatic heterocycles. The third kappa shape index (κ3) is 5.87. The smallest absolute Gasteiger partial charge is 0.310 e. The van der Waals surface area contributed by atoms with Crippen LogP contribution in [0.4, 0.5) is 0 Å². The van der Waals surface area contributed by atoms with Crippen LogP contribution < -0.4 is 10.1 Å². The summed E-state index contributed by atoms with van der Waals surface area (Å²) in [4.78, 5) is 23.9. The van der Waals surface area contributed by atoms with E-state index in [9.17, 15) is 9.59 Å². The number of hydrogen-bond acceptors (Lipinski definition) is 4. The number of benzene rings is 1. The van der Waals surface area contributed by atoms with Crippen molar-refractivity contribution in [2.45, 2.75) is 64.5 Å². The summed E-state index contributed by atoms with van der Waals surface area (Å²) in [6, 6.07) is 7.85. The molecule has 1 aromatic carbocycles. The first-order chi connectivity index (χ1) is 11.6. The fourth-order valence-electron chi connectivity index (χ4n) is 2.84. The van der Waals surface area contributed by atoms with Gasteiger partial charge in [-0.15, -0.1) is 0 Å². The molecule has 1 atom stereocenters. The second-order valence-electron chi connectivity index (χ2n) is 6.34. The third-order valence-electron chi connectivity index (χ3n) is 4.29. The van der Waals surface area contributed by atoms with Crippen molar-refractivity contribution in [3.63, 3.8) is 0 Å². The maximum atomic E-state index is 12.1. The Bertz CT molecular complexity index is 552. The highest BCUT2D eigenvalue weighted by Gasteiger charge is 2.22. The summed E-state index contributed by atoms with van der Waals surface area (Å²) in [6.45, 7) is 3.80. The zero-order chi connectivity index (χ0) is 17.4. The van der Waals surface area contributed by atoms with Gasteiger partial charge in [-0.1, -0.05) is 37.5 Å². The van der Waals surface area contributed by atoms with E-state index >= 15 is 0 Å². The number of aryl methyl sites for hydroxylation is 1. The van der Waals surface area contributed by atoms with Crippen LogP contribution in [0.15, 0.2) is 24.3 Å². The molecule has 1 unspecified atom stereocenters. The van der Waals surface area contributed by atoms with Gasteiger partial charge in [-0.2, -0.15) is 0 Å². The molecular weight excluding hydrogens is 306 g/mol. The predicted octanol–water partition coefficient (Wildman–Crippen LogP) is 3.14. The summed E-state index contributed by atoms with van der Waals surface area (Å²) < 4.78 is 10.8. The molecule has 1 aromatic rings. The summed E-state index contributed by atoms with van der Waals surface area (Å²) >= 11 is 0. The van der Waals surface area contributed by atoms with Crippen molar-refractivity contribution in [2.75, 3.05) is 6.61 Å². The minimum atomic E-state index is -0.766. The van der Waals surface area contributed by atoms with E-state index in [1.165, 1.54) is 6.42 Å². The van der Waals surface area contributed by atoms with Gasteiger partial charge in [0.1, 0.15) is 5.75 Å². The van der Waals surface area contributed by atoms with E-state index in [0.29, 0.717) is 0 Å². The van der Waals surface area contributed by atoms with E-state index in [1.807, 2.05) is 31.2 Å². The Morgan fingerprint density at radius 2 is 1.92 bits per heavy atom. The van der Waals surface area contributed by atoms with Crippen molar-refractivity contribution >= 4 is 11.9 Å². The first-order valence-electron chi connectivity index (χ1n) is 8.74. The van der Waals surface area contributed by atoms with Gasteiger partial charge in [0, 0.05) is 6.04 Å². The highest BCUT2D eigenvalue weighted by Crippen LogP contribution is 2.18. The minimum Gasteiger partial charge on any atom is -0.493 e. The van der Waals surface area contributed by atoms with E-state index in [0.717, 1.165) is 37.0 Å². The quantitative estimate of drug-likeness (QED) is 0.779. The Morgan fingerprint density at radius 3 is 2.62 bits per heavy atom. The number of hydrogen-bond donors (Lipinski definition) is 1. The van der Waals surface area contributed by atoms with Gasteiger partial charge < -0.3 is 14.8 Å². The first-order valence-corrected chi connectivity index (χ1v) is 8.74. The van der Waals surface area contributed by atoms with Crippen LogP contribution in [0.5, 0.6) is 5.75 Å². The van der Waals surface area contributed by atoms with Gasteiger partial charge in [0.15, 0.2) is 6.10 Å². The van der Waals surface area contributed by atoms with Crippen LogP contribution in [0.3, 0.4) is 0 Å². The van der Waals surface area contributed by atoms with Crippen LogP contribution in [0.1, 0.15) is 51.0 Å². The van der Waals surface area contributed by atoms with Crippen LogP contribution >= 0.6 is 0 Å². The van der Waals surface area contributed by atoms with Crippen molar-refractivity contribution in [3.8, 4) is 5.75 Å². The fraction of sp³-hybridized carbons (Fsp3) is 0.579. The maximum Gasteiger partial charge on any atom is 0.310 e. The first kappa shape index (κ1) is 18.3. The molecule has 5 heteroatoms. The Labute approximate surface area is 143 Å². The number of amides is 1. The van der Waals surface area contributed by atoms with Crippen LogP contribution in [0, 0.1) is 6.92 Å². The second kappa shape index (κ2) is 9.30. The maximum absolute atomic E-state index is 12.1. The van der Waals surface area contributed by atoms with E-state index in [-0.39, 0.29) is 25.0 Å². The van der Waals surface area contributed by atoms with Gasteiger partial charge in [-0.25, -0.2) is 0 Å². The molecule has 5 nitrogen and oxygen atoms in total. The largest absolute Gasteiger partial charge is 0.493 e. The molecule has 1 fully saturated rings.